The lowest BCUT2D eigenvalue weighted by atomic mass is 10.1. The Morgan fingerprint density at radius 1 is 0.969 bits per heavy atom. The van der Waals surface area contributed by atoms with Crippen molar-refractivity contribution in [2.24, 2.45) is 0 Å². The van der Waals surface area contributed by atoms with Crippen LogP contribution >= 0.6 is 15.9 Å². The quantitative estimate of drug-likeness (QED) is 0.406. The molecule has 0 aliphatic carbocycles. The fourth-order valence-electron chi connectivity index (χ4n) is 3.30. The van der Waals surface area contributed by atoms with Crippen LogP contribution < -0.4 is 5.32 Å². The maximum absolute atomic E-state index is 12.9. The zero-order valence-corrected chi connectivity index (χ0v) is 19.6. The van der Waals surface area contributed by atoms with Gasteiger partial charge in [-0.15, -0.1) is 0 Å². The van der Waals surface area contributed by atoms with E-state index in [9.17, 15) is 9.59 Å². The van der Waals surface area contributed by atoms with Crippen molar-refractivity contribution < 1.29 is 18.7 Å². The van der Waals surface area contributed by atoms with E-state index in [0.29, 0.717) is 36.5 Å². The van der Waals surface area contributed by atoms with Crippen molar-refractivity contribution in [2.75, 3.05) is 32.1 Å². The number of benzene rings is 2. The molecule has 2 amide bonds. The molecular formula is C25H27BrN2O4. The molecule has 1 heterocycles. The van der Waals surface area contributed by atoms with Gasteiger partial charge in [0.25, 0.3) is 5.91 Å². The molecule has 0 fully saturated rings. The van der Waals surface area contributed by atoms with Crippen molar-refractivity contribution >= 4 is 33.4 Å². The molecule has 7 heteroatoms. The van der Waals surface area contributed by atoms with Crippen LogP contribution in [-0.4, -0.2) is 43.5 Å². The minimum atomic E-state index is -0.330. The first-order valence-electron chi connectivity index (χ1n) is 10.5. The monoisotopic (exact) mass is 498 g/mol. The molecule has 2 aromatic carbocycles. The number of nitrogens with zero attached hydrogens (tertiary/aromatic N) is 1. The number of methoxy groups -OCH3 is 1. The highest BCUT2D eigenvalue weighted by molar-refractivity contribution is 9.10. The predicted molar refractivity (Wildman–Crippen MR) is 128 cm³/mol. The van der Waals surface area contributed by atoms with E-state index in [4.69, 9.17) is 9.15 Å². The van der Waals surface area contributed by atoms with Gasteiger partial charge in [-0.25, -0.2) is 0 Å². The molecule has 0 saturated carbocycles. The van der Waals surface area contributed by atoms with Gasteiger partial charge in [0, 0.05) is 25.9 Å². The van der Waals surface area contributed by atoms with E-state index in [1.54, 1.807) is 31.4 Å². The molecule has 1 aromatic heterocycles. The van der Waals surface area contributed by atoms with Gasteiger partial charge in [0.2, 0.25) is 5.91 Å². The maximum Gasteiger partial charge on any atom is 0.291 e. The Labute approximate surface area is 196 Å². The van der Waals surface area contributed by atoms with Gasteiger partial charge >= 0.3 is 0 Å². The zero-order valence-electron chi connectivity index (χ0n) is 18.1. The Kier molecular flexibility index (Phi) is 9.07. The van der Waals surface area contributed by atoms with Crippen LogP contribution in [0.4, 0.5) is 5.69 Å². The van der Waals surface area contributed by atoms with Crippen LogP contribution in [0.1, 0.15) is 28.1 Å². The predicted octanol–water partition coefficient (Wildman–Crippen LogP) is 4.94. The van der Waals surface area contributed by atoms with E-state index in [2.05, 4.69) is 33.4 Å². The van der Waals surface area contributed by atoms with Gasteiger partial charge in [0.15, 0.2) is 10.4 Å². The molecule has 1 N–H and O–H groups in total. The third-order valence-electron chi connectivity index (χ3n) is 5.02. The molecule has 0 atom stereocenters. The number of ether oxygens (including phenoxy) is 1. The van der Waals surface area contributed by atoms with Crippen LogP contribution in [0, 0.1) is 0 Å². The molecule has 0 radical (unpaired) electrons. The molecule has 3 rings (SSSR count). The third kappa shape index (κ3) is 7.35. The number of halogens is 1. The topological polar surface area (TPSA) is 71.8 Å². The summed E-state index contributed by atoms with van der Waals surface area (Å²) in [5.41, 5.74) is 2.79. The fourth-order valence-corrected chi connectivity index (χ4v) is 3.61. The molecule has 32 heavy (non-hydrogen) atoms. The summed E-state index contributed by atoms with van der Waals surface area (Å²) in [6.45, 7) is 1.76. The lowest BCUT2D eigenvalue weighted by Gasteiger charge is -2.22. The van der Waals surface area contributed by atoms with Gasteiger partial charge in [-0.1, -0.05) is 42.5 Å². The van der Waals surface area contributed by atoms with Crippen molar-refractivity contribution in [2.45, 2.75) is 19.3 Å². The molecule has 0 unspecified atom stereocenters. The highest BCUT2D eigenvalue weighted by atomic mass is 79.9. The summed E-state index contributed by atoms with van der Waals surface area (Å²) >= 11 is 3.18. The average molecular weight is 499 g/mol. The van der Waals surface area contributed by atoms with Crippen LogP contribution in [0.5, 0.6) is 0 Å². The maximum atomic E-state index is 12.9. The second kappa shape index (κ2) is 12.2. The Balaban J connectivity index is 1.53. The summed E-state index contributed by atoms with van der Waals surface area (Å²) in [6.07, 6.45) is 2.12. The van der Waals surface area contributed by atoms with E-state index in [1.165, 1.54) is 5.56 Å². The van der Waals surface area contributed by atoms with E-state index >= 15 is 0 Å². The van der Waals surface area contributed by atoms with Crippen molar-refractivity contribution in [3.63, 3.8) is 0 Å². The van der Waals surface area contributed by atoms with Gasteiger partial charge in [0.1, 0.15) is 0 Å². The van der Waals surface area contributed by atoms with Gasteiger partial charge in [0.05, 0.1) is 13.0 Å². The third-order valence-corrected chi connectivity index (χ3v) is 5.44. The smallest absolute Gasteiger partial charge is 0.291 e. The normalized spacial score (nSPS) is 10.7. The zero-order chi connectivity index (χ0) is 22.8. The van der Waals surface area contributed by atoms with Gasteiger partial charge in [-0.05, 0) is 64.2 Å². The molecular weight excluding hydrogens is 472 g/mol. The van der Waals surface area contributed by atoms with Crippen molar-refractivity contribution in [1.82, 2.24) is 4.90 Å². The summed E-state index contributed by atoms with van der Waals surface area (Å²) in [7, 11) is 1.64. The number of anilines is 1. The van der Waals surface area contributed by atoms with E-state index < -0.39 is 0 Å². The SMILES string of the molecule is COCCN(CCCc1ccccc1)C(=O)Cc1ccc(NC(=O)c2ccc(Br)o2)cc1. The largest absolute Gasteiger partial charge is 0.444 e. The summed E-state index contributed by atoms with van der Waals surface area (Å²) in [4.78, 5) is 26.9. The van der Waals surface area contributed by atoms with Gasteiger partial charge < -0.3 is 19.4 Å². The number of nitrogens with one attached hydrogen (secondary N) is 1. The molecule has 3 aromatic rings. The molecule has 0 saturated heterocycles. The fraction of sp³-hybridized carbons (Fsp3) is 0.280. The molecule has 0 aliphatic rings. The van der Waals surface area contributed by atoms with Gasteiger partial charge in [-0.3, -0.25) is 9.59 Å². The minimum absolute atomic E-state index is 0.0623. The number of aryl methyl sites for hydroxylation is 1. The Hall–Kier alpha value is -2.90. The molecule has 0 spiro atoms. The summed E-state index contributed by atoms with van der Waals surface area (Å²) in [5, 5.41) is 2.78. The summed E-state index contributed by atoms with van der Waals surface area (Å²) < 4.78 is 10.9. The number of furan rings is 1. The molecule has 168 valence electrons. The lowest BCUT2D eigenvalue weighted by Crippen LogP contribution is -2.36. The molecule has 0 bridgehead atoms. The second-order valence-corrected chi connectivity index (χ2v) is 8.18. The lowest BCUT2D eigenvalue weighted by molar-refractivity contribution is -0.131. The van der Waals surface area contributed by atoms with Crippen LogP contribution in [-0.2, 0) is 22.4 Å². The first kappa shape index (κ1) is 23.8. The summed E-state index contributed by atoms with van der Waals surface area (Å²) in [6, 6.07) is 20.8. The van der Waals surface area contributed by atoms with Crippen LogP contribution in [0.25, 0.3) is 0 Å². The Bertz CT molecular complexity index is 1000. The number of hydrogen-bond acceptors (Lipinski definition) is 4. The number of hydrogen-bond donors (Lipinski definition) is 1. The minimum Gasteiger partial charge on any atom is -0.444 e. The number of carbonyl (C=O) groups excluding carboxylic acids is 2. The van der Waals surface area contributed by atoms with Crippen molar-refractivity contribution in [3.05, 3.63) is 88.3 Å². The number of amides is 2. The van der Waals surface area contributed by atoms with Crippen LogP contribution in [0.2, 0.25) is 0 Å². The number of carbonyl (C=O) groups is 2. The average Bonchev–Trinajstić information content (AvgIpc) is 3.24. The molecule has 0 aliphatic heterocycles. The van der Waals surface area contributed by atoms with E-state index in [-0.39, 0.29) is 17.6 Å². The van der Waals surface area contributed by atoms with Crippen LogP contribution in [0.3, 0.4) is 0 Å². The van der Waals surface area contributed by atoms with E-state index in [0.717, 1.165) is 18.4 Å². The molecule has 6 nitrogen and oxygen atoms in total. The second-order valence-electron chi connectivity index (χ2n) is 7.39. The summed E-state index contributed by atoms with van der Waals surface area (Å²) in [5.74, 6) is -0.0450. The Morgan fingerprint density at radius 2 is 1.72 bits per heavy atom. The number of rotatable bonds is 11. The highest BCUT2D eigenvalue weighted by Crippen LogP contribution is 2.17. The first-order valence-corrected chi connectivity index (χ1v) is 11.3. The standard InChI is InChI=1S/C25H27BrN2O4/c1-31-17-16-28(15-5-8-19-6-3-2-4-7-19)24(29)18-20-9-11-21(12-10-20)27-25(30)22-13-14-23(26)32-22/h2-4,6-7,9-14H,5,8,15-18H2,1H3,(H,27,30). The first-order chi connectivity index (χ1) is 15.5. The van der Waals surface area contributed by atoms with Gasteiger partial charge in [-0.2, -0.15) is 0 Å². The Morgan fingerprint density at radius 3 is 2.38 bits per heavy atom. The van der Waals surface area contributed by atoms with E-state index in [1.807, 2.05) is 35.2 Å². The van der Waals surface area contributed by atoms with Crippen molar-refractivity contribution in [3.8, 4) is 0 Å². The highest BCUT2D eigenvalue weighted by Gasteiger charge is 2.15. The van der Waals surface area contributed by atoms with Crippen LogP contribution in [0.15, 0.2) is 75.8 Å². The van der Waals surface area contributed by atoms with Crippen molar-refractivity contribution in [1.29, 1.82) is 0 Å².